The van der Waals surface area contributed by atoms with Crippen molar-refractivity contribution < 1.29 is 14.3 Å². The smallest absolute Gasteiger partial charge is 0.240 e. The normalized spacial score (nSPS) is 15.2. The predicted molar refractivity (Wildman–Crippen MR) is 135 cm³/mol. The van der Waals surface area contributed by atoms with Gasteiger partial charge in [-0.2, -0.15) is 0 Å². The zero-order valence-electron chi connectivity index (χ0n) is 19.5. The van der Waals surface area contributed by atoms with E-state index in [1.807, 2.05) is 65.6 Å². The van der Waals surface area contributed by atoms with Gasteiger partial charge in [0.2, 0.25) is 5.91 Å². The number of carbonyl (C=O) groups is 1. The van der Waals surface area contributed by atoms with E-state index in [0.29, 0.717) is 23.7 Å². The van der Waals surface area contributed by atoms with E-state index in [9.17, 15) is 4.79 Å². The van der Waals surface area contributed by atoms with Crippen LogP contribution in [-0.4, -0.2) is 43.2 Å². The van der Waals surface area contributed by atoms with Crippen molar-refractivity contribution in [1.29, 1.82) is 0 Å². The highest BCUT2D eigenvalue weighted by molar-refractivity contribution is 6.30. The minimum Gasteiger partial charge on any atom is -0.457 e. The molecule has 3 aromatic rings. The Labute approximate surface area is 206 Å². The number of ether oxygens (including phenoxy) is 2. The fourth-order valence-electron chi connectivity index (χ4n) is 4.26. The zero-order chi connectivity index (χ0) is 23.8. The third-order valence-corrected chi connectivity index (χ3v) is 6.39. The summed E-state index contributed by atoms with van der Waals surface area (Å²) in [5.41, 5.74) is 2.18. The molecular formula is C28H31ClN2O3. The van der Waals surface area contributed by atoms with Gasteiger partial charge in [-0.05, 0) is 60.7 Å². The summed E-state index contributed by atoms with van der Waals surface area (Å²) >= 11 is 6.07. The topological polar surface area (TPSA) is 50.8 Å². The van der Waals surface area contributed by atoms with E-state index in [4.69, 9.17) is 21.1 Å². The lowest BCUT2D eigenvalue weighted by molar-refractivity contribution is -0.135. The van der Waals surface area contributed by atoms with Crippen molar-refractivity contribution >= 4 is 17.5 Å². The van der Waals surface area contributed by atoms with Crippen LogP contribution in [0.15, 0.2) is 78.9 Å². The van der Waals surface area contributed by atoms with E-state index >= 15 is 0 Å². The number of carbonyl (C=O) groups excluding carboxylic acids is 1. The van der Waals surface area contributed by atoms with Crippen molar-refractivity contribution in [3.8, 4) is 11.5 Å². The Kier molecular flexibility index (Phi) is 8.58. The van der Waals surface area contributed by atoms with E-state index in [2.05, 4.69) is 17.4 Å². The van der Waals surface area contributed by atoms with Crippen LogP contribution in [0.5, 0.6) is 11.5 Å². The van der Waals surface area contributed by atoms with Gasteiger partial charge in [-0.3, -0.25) is 4.79 Å². The first-order valence-corrected chi connectivity index (χ1v) is 12.1. The number of nitrogens with zero attached hydrogens (tertiary/aromatic N) is 1. The summed E-state index contributed by atoms with van der Waals surface area (Å²) in [7, 11) is 1.74. The van der Waals surface area contributed by atoms with Gasteiger partial charge in [0.05, 0.1) is 12.1 Å². The first-order valence-electron chi connectivity index (χ1n) is 11.7. The molecule has 0 bridgehead atoms. The molecule has 0 unspecified atom stereocenters. The highest BCUT2D eigenvalue weighted by Crippen LogP contribution is 2.25. The fourth-order valence-corrected chi connectivity index (χ4v) is 4.44. The number of piperidine rings is 1. The standard InChI is InChI=1S/C28H31ClN2O3/c1-33-24-13-15-31(16-14-24)28(32)27(18-21-7-3-2-4-8-21)30-20-22-9-5-11-25(17-22)34-26-12-6-10-23(29)19-26/h2-12,17,19,24,27,30H,13-16,18,20H2,1H3/t27-/m0/s1. The summed E-state index contributed by atoms with van der Waals surface area (Å²) in [6.07, 6.45) is 2.64. The number of likely N-dealkylation sites (tertiary alicyclic amines) is 1. The number of nitrogens with one attached hydrogen (secondary N) is 1. The molecule has 34 heavy (non-hydrogen) atoms. The molecule has 1 amide bonds. The predicted octanol–water partition coefficient (Wildman–Crippen LogP) is 5.47. The van der Waals surface area contributed by atoms with Crippen LogP contribution in [-0.2, 0) is 22.5 Å². The van der Waals surface area contributed by atoms with Gasteiger partial charge >= 0.3 is 0 Å². The molecule has 1 aliphatic rings. The summed E-state index contributed by atoms with van der Waals surface area (Å²) in [6, 6.07) is 25.1. The molecule has 1 atom stereocenters. The number of amides is 1. The average Bonchev–Trinajstić information content (AvgIpc) is 2.87. The van der Waals surface area contributed by atoms with Crippen LogP contribution in [0.25, 0.3) is 0 Å². The van der Waals surface area contributed by atoms with Crippen molar-refractivity contribution in [3.05, 3.63) is 95.0 Å². The van der Waals surface area contributed by atoms with E-state index in [1.165, 1.54) is 0 Å². The minimum absolute atomic E-state index is 0.143. The van der Waals surface area contributed by atoms with Crippen molar-refractivity contribution in [3.63, 3.8) is 0 Å². The van der Waals surface area contributed by atoms with Crippen LogP contribution in [0.4, 0.5) is 0 Å². The Morgan fingerprint density at radius 3 is 2.35 bits per heavy atom. The molecule has 6 heteroatoms. The summed E-state index contributed by atoms with van der Waals surface area (Å²) in [6.45, 7) is 2.02. The second-order valence-corrected chi connectivity index (χ2v) is 9.03. The second-order valence-electron chi connectivity index (χ2n) is 8.59. The molecule has 5 nitrogen and oxygen atoms in total. The van der Waals surface area contributed by atoms with Crippen molar-refractivity contribution in [2.75, 3.05) is 20.2 Å². The van der Waals surface area contributed by atoms with E-state index in [-0.39, 0.29) is 18.1 Å². The molecule has 0 radical (unpaired) electrons. The maximum atomic E-state index is 13.4. The molecule has 1 heterocycles. The number of halogens is 1. The molecule has 1 aliphatic heterocycles. The Morgan fingerprint density at radius 1 is 0.971 bits per heavy atom. The fraction of sp³-hybridized carbons (Fsp3) is 0.321. The number of hydrogen-bond donors (Lipinski definition) is 1. The number of hydrogen-bond acceptors (Lipinski definition) is 4. The lowest BCUT2D eigenvalue weighted by atomic mass is 10.0. The second kappa shape index (κ2) is 12.0. The number of benzene rings is 3. The highest BCUT2D eigenvalue weighted by atomic mass is 35.5. The quantitative estimate of drug-likeness (QED) is 0.443. The largest absolute Gasteiger partial charge is 0.457 e. The van der Waals surface area contributed by atoms with Crippen LogP contribution in [0, 0.1) is 0 Å². The third-order valence-electron chi connectivity index (χ3n) is 6.15. The van der Waals surface area contributed by atoms with Gasteiger partial charge in [-0.25, -0.2) is 0 Å². The van der Waals surface area contributed by atoms with Crippen molar-refractivity contribution in [1.82, 2.24) is 10.2 Å². The van der Waals surface area contributed by atoms with Gasteiger partial charge in [0.1, 0.15) is 11.5 Å². The summed E-state index contributed by atoms with van der Waals surface area (Å²) in [5, 5.41) is 4.14. The molecule has 3 aromatic carbocycles. The zero-order valence-corrected chi connectivity index (χ0v) is 20.2. The van der Waals surface area contributed by atoms with E-state index in [0.717, 1.165) is 42.8 Å². The monoisotopic (exact) mass is 478 g/mol. The van der Waals surface area contributed by atoms with Crippen LogP contribution in [0.3, 0.4) is 0 Å². The SMILES string of the molecule is COC1CCN(C(=O)[C@H](Cc2ccccc2)NCc2cccc(Oc3cccc(Cl)c3)c2)CC1. The average molecular weight is 479 g/mol. The molecule has 0 aromatic heterocycles. The molecule has 178 valence electrons. The lowest BCUT2D eigenvalue weighted by Crippen LogP contribution is -2.50. The van der Waals surface area contributed by atoms with Gasteiger partial charge in [0.15, 0.2) is 0 Å². The molecule has 4 rings (SSSR count). The van der Waals surface area contributed by atoms with Crippen LogP contribution >= 0.6 is 11.6 Å². The van der Waals surface area contributed by atoms with Gasteiger partial charge in [0, 0.05) is 31.8 Å². The number of rotatable bonds is 9. The highest BCUT2D eigenvalue weighted by Gasteiger charge is 2.28. The molecule has 0 spiro atoms. The first kappa shape index (κ1) is 24.3. The maximum Gasteiger partial charge on any atom is 0.240 e. The summed E-state index contributed by atoms with van der Waals surface area (Å²) in [5.74, 6) is 1.56. The Hall–Kier alpha value is -2.86. The molecule has 1 fully saturated rings. The first-order chi connectivity index (χ1) is 16.6. The molecule has 1 saturated heterocycles. The van der Waals surface area contributed by atoms with Crippen LogP contribution in [0.2, 0.25) is 5.02 Å². The van der Waals surface area contributed by atoms with Crippen molar-refractivity contribution in [2.45, 2.75) is 38.0 Å². The molecule has 0 aliphatic carbocycles. The molecule has 0 saturated carbocycles. The Balaban J connectivity index is 1.43. The van der Waals surface area contributed by atoms with Crippen LogP contribution in [0.1, 0.15) is 24.0 Å². The van der Waals surface area contributed by atoms with Crippen LogP contribution < -0.4 is 10.1 Å². The third kappa shape index (κ3) is 6.83. The van der Waals surface area contributed by atoms with Gasteiger partial charge in [0.25, 0.3) is 0 Å². The maximum absolute atomic E-state index is 13.4. The van der Waals surface area contributed by atoms with E-state index < -0.39 is 0 Å². The van der Waals surface area contributed by atoms with Crippen molar-refractivity contribution in [2.24, 2.45) is 0 Å². The summed E-state index contributed by atoms with van der Waals surface area (Å²) < 4.78 is 11.4. The Bertz CT molecular complexity index is 1070. The molecule has 1 N–H and O–H groups in total. The lowest BCUT2D eigenvalue weighted by Gasteiger charge is -2.34. The van der Waals surface area contributed by atoms with Gasteiger partial charge in [-0.15, -0.1) is 0 Å². The Morgan fingerprint density at radius 2 is 1.65 bits per heavy atom. The van der Waals surface area contributed by atoms with Gasteiger partial charge in [-0.1, -0.05) is 60.1 Å². The summed E-state index contributed by atoms with van der Waals surface area (Å²) in [4.78, 5) is 15.4. The van der Waals surface area contributed by atoms with E-state index in [1.54, 1.807) is 13.2 Å². The number of methoxy groups -OCH3 is 1. The van der Waals surface area contributed by atoms with Gasteiger partial charge < -0.3 is 19.7 Å². The molecular weight excluding hydrogens is 448 g/mol. The minimum atomic E-state index is -0.306.